The second-order valence-corrected chi connectivity index (χ2v) is 6.44. The van der Waals surface area contributed by atoms with Crippen LogP contribution in [0.4, 0.5) is 0 Å². The van der Waals surface area contributed by atoms with Crippen LogP contribution < -0.4 is 15.4 Å². The molecule has 0 spiro atoms. The highest BCUT2D eigenvalue weighted by Crippen LogP contribution is 2.13. The maximum absolute atomic E-state index is 5.47. The molecule has 0 radical (unpaired) electrons. The Morgan fingerprint density at radius 3 is 2.69 bits per heavy atom. The molecule has 148 valence electrons. The second-order valence-electron chi connectivity index (χ2n) is 6.44. The Morgan fingerprint density at radius 2 is 2.08 bits per heavy atom. The average Bonchev–Trinajstić information content (AvgIpc) is 2.65. The van der Waals surface area contributed by atoms with E-state index in [0.29, 0.717) is 24.4 Å². The van der Waals surface area contributed by atoms with Gasteiger partial charge in [-0.1, -0.05) is 19.9 Å². The largest absolute Gasteiger partial charge is 0.481 e. The number of rotatable bonds is 7. The van der Waals surface area contributed by atoms with Gasteiger partial charge in [0.05, 0.1) is 20.3 Å². The molecular weight excluding hydrogens is 445 g/mol. The van der Waals surface area contributed by atoms with Gasteiger partial charge in [0.1, 0.15) is 0 Å². The monoisotopic (exact) mass is 477 g/mol. The van der Waals surface area contributed by atoms with Crippen molar-refractivity contribution in [2.24, 2.45) is 10.9 Å². The lowest BCUT2D eigenvalue weighted by Gasteiger charge is -2.37. The molecule has 1 saturated heterocycles. The van der Waals surface area contributed by atoms with E-state index in [9.17, 15) is 0 Å². The van der Waals surface area contributed by atoms with Crippen LogP contribution in [0.3, 0.4) is 0 Å². The van der Waals surface area contributed by atoms with E-state index in [-0.39, 0.29) is 24.0 Å². The quantitative estimate of drug-likeness (QED) is 0.354. The van der Waals surface area contributed by atoms with Crippen LogP contribution in [-0.2, 0) is 11.3 Å². The maximum atomic E-state index is 5.47. The minimum Gasteiger partial charge on any atom is -0.481 e. The Balaban J connectivity index is 0.00000338. The number of nitrogens with zero attached hydrogens (tertiary/aromatic N) is 3. The molecule has 1 aromatic rings. The van der Waals surface area contributed by atoms with Gasteiger partial charge in [0, 0.05) is 51.0 Å². The lowest BCUT2D eigenvalue weighted by molar-refractivity contribution is 0.00752. The zero-order chi connectivity index (χ0) is 18.1. The molecule has 1 unspecified atom stereocenters. The average molecular weight is 477 g/mol. The van der Waals surface area contributed by atoms with Crippen LogP contribution in [0.2, 0.25) is 0 Å². The molecule has 0 amide bonds. The molecule has 2 N–H and O–H groups in total. The number of morpholine rings is 1. The number of aliphatic imine (C=N–C) groups is 1. The molecule has 7 nitrogen and oxygen atoms in total. The zero-order valence-electron chi connectivity index (χ0n) is 16.2. The summed E-state index contributed by atoms with van der Waals surface area (Å²) in [7, 11) is 3.42. The predicted molar refractivity (Wildman–Crippen MR) is 115 cm³/mol. The summed E-state index contributed by atoms with van der Waals surface area (Å²) in [6, 6.07) is 4.36. The van der Waals surface area contributed by atoms with Crippen molar-refractivity contribution in [2.75, 3.05) is 47.0 Å². The van der Waals surface area contributed by atoms with Crippen molar-refractivity contribution >= 4 is 29.9 Å². The van der Waals surface area contributed by atoms with Gasteiger partial charge in [-0.05, 0) is 12.0 Å². The van der Waals surface area contributed by atoms with E-state index >= 15 is 0 Å². The molecular formula is C18H32IN5O2. The highest BCUT2D eigenvalue weighted by Gasteiger charge is 2.23. The van der Waals surface area contributed by atoms with Crippen LogP contribution in [0.5, 0.6) is 5.88 Å². The van der Waals surface area contributed by atoms with Crippen LogP contribution in [0.1, 0.15) is 19.4 Å². The maximum Gasteiger partial charge on any atom is 0.218 e. The second kappa shape index (κ2) is 12.3. The summed E-state index contributed by atoms with van der Waals surface area (Å²) in [5.41, 5.74) is 1.00. The first-order chi connectivity index (χ1) is 12.2. The molecule has 1 atom stereocenters. The molecule has 0 bridgehead atoms. The van der Waals surface area contributed by atoms with Gasteiger partial charge in [0.2, 0.25) is 5.88 Å². The predicted octanol–water partition coefficient (Wildman–Crippen LogP) is 1.73. The number of aromatic nitrogens is 1. The first-order valence-electron chi connectivity index (χ1n) is 8.90. The normalized spacial score (nSPS) is 16.7. The standard InChI is InChI=1S/C18H31N5O2.HI/c1-14(2)16(23-8-10-25-11-9-23)13-22-18(19-3)21-12-15-6-5-7-20-17(15)24-4;/h5-7,14,16H,8-13H2,1-4H3,(H2,19,21,22);1H. The third-order valence-electron chi connectivity index (χ3n) is 4.48. The summed E-state index contributed by atoms with van der Waals surface area (Å²) in [5.74, 6) is 1.98. The van der Waals surface area contributed by atoms with Crippen molar-refractivity contribution in [1.29, 1.82) is 0 Å². The van der Waals surface area contributed by atoms with Gasteiger partial charge < -0.3 is 20.1 Å². The van der Waals surface area contributed by atoms with Crippen LogP contribution in [0, 0.1) is 5.92 Å². The summed E-state index contributed by atoms with van der Waals surface area (Å²) in [6.45, 7) is 9.60. The Kier molecular flexibility index (Phi) is 10.8. The fourth-order valence-corrected chi connectivity index (χ4v) is 3.04. The number of methoxy groups -OCH3 is 1. The van der Waals surface area contributed by atoms with Crippen molar-refractivity contribution < 1.29 is 9.47 Å². The third kappa shape index (κ3) is 6.88. The van der Waals surface area contributed by atoms with Gasteiger partial charge in [-0.2, -0.15) is 0 Å². The molecule has 1 aliphatic heterocycles. The summed E-state index contributed by atoms with van der Waals surface area (Å²) in [5, 5.41) is 6.78. The molecule has 0 aromatic carbocycles. The number of hydrogen-bond donors (Lipinski definition) is 2. The highest BCUT2D eigenvalue weighted by atomic mass is 127. The lowest BCUT2D eigenvalue weighted by Crippen LogP contribution is -2.52. The zero-order valence-corrected chi connectivity index (χ0v) is 18.5. The molecule has 1 aliphatic rings. The van der Waals surface area contributed by atoms with Crippen molar-refractivity contribution in [3.8, 4) is 5.88 Å². The molecule has 0 saturated carbocycles. The highest BCUT2D eigenvalue weighted by molar-refractivity contribution is 14.0. The van der Waals surface area contributed by atoms with E-state index in [0.717, 1.165) is 44.4 Å². The first kappa shape index (κ1) is 22.9. The van der Waals surface area contributed by atoms with Crippen LogP contribution in [-0.4, -0.2) is 68.9 Å². The Hall–Kier alpha value is -1.13. The fraction of sp³-hybridized carbons (Fsp3) is 0.667. The first-order valence-corrected chi connectivity index (χ1v) is 8.90. The summed E-state index contributed by atoms with van der Waals surface area (Å²) in [4.78, 5) is 11.0. The topological polar surface area (TPSA) is 71.0 Å². The Labute approximate surface area is 174 Å². The van der Waals surface area contributed by atoms with E-state index in [1.54, 1.807) is 20.4 Å². The van der Waals surface area contributed by atoms with E-state index in [1.807, 2.05) is 12.1 Å². The molecule has 1 fully saturated rings. The number of guanidine groups is 1. The van der Waals surface area contributed by atoms with Gasteiger partial charge in [0.25, 0.3) is 0 Å². The number of halogens is 1. The minimum atomic E-state index is 0. The van der Waals surface area contributed by atoms with Crippen molar-refractivity contribution in [3.05, 3.63) is 23.9 Å². The third-order valence-corrected chi connectivity index (χ3v) is 4.48. The van der Waals surface area contributed by atoms with Gasteiger partial charge >= 0.3 is 0 Å². The molecule has 26 heavy (non-hydrogen) atoms. The van der Waals surface area contributed by atoms with Gasteiger partial charge in [0.15, 0.2) is 5.96 Å². The Morgan fingerprint density at radius 1 is 1.35 bits per heavy atom. The number of nitrogens with one attached hydrogen (secondary N) is 2. The number of ether oxygens (including phenoxy) is 2. The Bertz CT molecular complexity index is 550. The van der Waals surface area contributed by atoms with E-state index in [4.69, 9.17) is 9.47 Å². The molecule has 8 heteroatoms. The minimum absolute atomic E-state index is 0. The lowest BCUT2D eigenvalue weighted by atomic mass is 10.0. The smallest absolute Gasteiger partial charge is 0.218 e. The fourth-order valence-electron chi connectivity index (χ4n) is 3.04. The number of pyridine rings is 1. The number of hydrogen-bond acceptors (Lipinski definition) is 5. The van der Waals surface area contributed by atoms with E-state index < -0.39 is 0 Å². The van der Waals surface area contributed by atoms with Crippen molar-refractivity contribution in [3.63, 3.8) is 0 Å². The van der Waals surface area contributed by atoms with Crippen molar-refractivity contribution in [2.45, 2.75) is 26.4 Å². The van der Waals surface area contributed by atoms with Crippen molar-refractivity contribution in [1.82, 2.24) is 20.5 Å². The summed E-state index contributed by atoms with van der Waals surface area (Å²) >= 11 is 0. The molecule has 0 aliphatic carbocycles. The summed E-state index contributed by atoms with van der Waals surface area (Å²) in [6.07, 6.45) is 1.73. The van der Waals surface area contributed by atoms with E-state index in [2.05, 4.69) is 39.4 Å². The van der Waals surface area contributed by atoms with Crippen LogP contribution in [0.25, 0.3) is 0 Å². The van der Waals surface area contributed by atoms with Crippen LogP contribution >= 0.6 is 24.0 Å². The van der Waals surface area contributed by atoms with Gasteiger partial charge in [-0.15, -0.1) is 24.0 Å². The van der Waals surface area contributed by atoms with Crippen LogP contribution in [0.15, 0.2) is 23.3 Å². The van der Waals surface area contributed by atoms with Gasteiger partial charge in [-0.25, -0.2) is 4.98 Å². The molecule has 1 aromatic heterocycles. The molecule has 2 rings (SSSR count). The summed E-state index contributed by atoms with van der Waals surface area (Å²) < 4.78 is 10.8. The van der Waals surface area contributed by atoms with Gasteiger partial charge in [-0.3, -0.25) is 9.89 Å². The van der Waals surface area contributed by atoms with E-state index in [1.165, 1.54) is 0 Å². The molecule has 2 heterocycles. The SMILES string of the molecule is CN=C(NCc1cccnc1OC)NCC(C(C)C)N1CCOCC1.I.